The van der Waals surface area contributed by atoms with Crippen LogP contribution < -0.4 is 14.4 Å². The normalized spacial score (nSPS) is 10.9. The van der Waals surface area contributed by atoms with Crippen molar-refractivity contribution in [3.8, 4) is 5.75 Å². The third-order valence-electron chi connectivity index (χ3n) is 4.10. The van der Waals surface area contributed by atoms with Gasteiger partial charge in [0.25, 0.3) is 10.0 Å². The van der Waals surface area contributed by atoms with Crippen molar-refractivity contribution >= 4 is 21.6 Å². The zero-order chi connectivity index (χ0) is 20.5. The molecule has 0 atom stereocenters. The molecule has 6 nitrogen and oxygen atoms in total. The zero-order valence-corrected chi connectivity index (χ0v) is 16.6. The summed E-state index contributed by atoms with van der Waals surface area (Å²) in [6, 6.07) is 25.9. The molecule has 0 aliphatic rings. The van der Waals surface area contributed by atoms with Gasteiger partial charge in [-0.3, -0.25) is 9.10 Å². The minimum absolute atomic E-state index is 0.129. The van der Waals surface area contributed by atoms with E-state index in [4.69, 9.17) is 4.74 Å². The number of amides is 1. The number of carbonyl (C=O) groups excluding carboxylic acids is 1. The van der Waals surface area contributed by atoms with Crippen LogP contribution in [0.25, 0.3) is 0 Å². The molecule has 0 fully saturated rings. The molecule has 0 unspecified atom stereocenters. The molecular formula is C22H22N2O4S. The van der Waals surface area contributed by atoms with Gasteiger partial charge in [0, 0.05) is 0 Å². The lowest BCUT2D eigenvalue weighted by molar-refractivity contribution is -0.119. The van der Waals surface area contributed by atoms with Crippen LogP contribution in [0.4, 0.5) is 5.69 Å². The molecule has 0 heterocycles. The molecule has 3 aromatic carbocycles. The monoisotopic (exact) mass is 410 g/mol. The van der Waals surface area contributed by atoms with Crippen molar-refractivity contribution in [2.75, 3.05) is 24.0 Å². The van der Waals surface area contributed by atoms with E-state index in [0.717, 1.165) is 4.31 Å². The number of hydrogen-bond acceptors (Lipinski definition) is 4. The lowest BCUT2D eigenvalue weighted by Gasteiger charge is -2.24. The van der Waals surface area contributed by atoms with Crippen molar-refractivity contribution in [2.24, 2.45) is 0 Å². The summed E-state index contributed by atoms with van der Waals surface area (Å²) in [5.41, 5.74) is 0.423. The number of benzene rings is 3. The predicted molar refractivity (Wildman–Crippen MR) is 112 cm³/mol. The molecule has 0 saturated carbocycles. The number of ether oxygens (including phenoxy) is 1. The van der Waals surface area contributed by atoms with Gasteiger partial charge in [0.1, 0.15) is 18.9 Å². The molecule has 0 radical (unpaired) electrons. The highest BCUT2D eigenvalue weighted by atomic mass is 32.2. The molecule has 0 saturated heterocycles. The highest BCUT2D eigenvalue weighted by Crippen LogP contribution is 2.23. The topological polar surface area (TPSA) is 75.7 Å². The predicted octanol–water partition coefficient (Wildman–Crippen LogP) is 3.08. The number of para-hydroxylation sites is 2. The number of hydrogen-bond donors (Lipinski definition) is 1. The van der Waals surface area contributed by atoms with Crippen LogP contribution in [0.3, 0.4) is 0 Å². The second-order valence-corrected chi connectivity index (χ2v) is 8.03. The summed E-state index contributed by atoms with van der Waals surface area (Å²) in [4.78, 5) is 12.6. The van der Waals surface area contributed by atoms with Gasteiger partial charge >= 0.3 is 0 Å². The van der Waals surface area contributed by atoms with E-state index in [9.17, 15) is 13.2 Å². The Balaban J connectivity index is 1.66. The summed E-state index contributed by atoms with van der Waals surface area (Å²) in [5.74, 6) is 0.296. The van der Waals surface area contributed by atoms with Gasteiger partial charge in [-0.15, -0.1) is 0 Å². The molecule has 1 N–H and O–H groups in total. The van der Waals surface area contributed by atoms with Crippen molar-refractivity contribution in [3.05, 3.63) is 91.0 Å². The molecule has 150 valence electrons. The van der Waals surface area contributed by atoms with E-state index >= 15 is 0 Å². The van der Waals surface area contributed by atoms with E-state index in [0.29, 0.717) is 11.4 Å². The second kappa shape index (κ2) is 9.75. The van der Waals surface area contributed by atoms with E-state index in [1.54, 1.807) is 48.5 Å². The molecule has 0 aliphatic heterocycles. The summed E-state index contributed by atoms with van der Waals surface area (Å²) in [6.45, 7) is 0.223. The first-order valence-corrected chi connectivity index (χ1v) is 10.6. The Hall–Kier alpha value is -3.32. The lowest BCUT2D eigenvalue weighted by Crippen LogP contribution is -2.41. The first kappa shape index (κ1) is 20.4. The first-order valence-electron chi connectivity index (χ1n) is 9.15. The van der Waals surface area contributed by atoms with Gasteiger partial charge in [-0.2, -0.15) is 0 Å². The van der Waals surface area contributed by atoms with Gasteiger partial charge in [0.05, 0.1) is 17.1 Å². The minimum Gasteiger partial charge on any atom is -0.492 e. The fourth-order valence-corrected chi connectivity index (χ4v) is 4.13. The molecule has 0 aliphatic carbocycles. The SMILES string of the molecule is O=C(CN(c1ccccc1)S(=O)(=O)c1ccccc1)NCCOc1ccccc1. The fraction of sp³-hybridized carbons (Fsp3) is 0.136. The molecular weight excluding hydrogens is 388 g/mol. The van der Waals surface area contributed by atoms with Crippen LogP contribution in [0, 0.1) is 0 Å². The Morgan fingerprint density at radius 1 is 0.828 bits per heavy atom. The van der Waals surface area contributed by atoms with E-state index in [1.165, 1.54) is 12.1 Å². The van der Waals surface area contributed by atoms with Crippen LogP contribution >= 0.6 is 0 Å². The molecule has 3 aromatic rings. The van der Waals surface area contributed by atoms with E-state index < -0.39 is 15.9 Å². The standard InChI is InChI=1S/C22H22N2O4S/c25-22(23-16-17-28-20-12-6-2-7-13-20)18-24(19-10-4-1-5-11-19)29(26,27)21-14-8-3-9-15-21/h1-15H,16-18H2,(H,23,25). The highest BCUT2D eigenvalue weighted by Gasteiger charge is 2.26. The average Bonchev–Trinajstić information content (AvgIpc) is 2.77. The molecule has 0 spiro atoms. The van der Waals surface area contributed by atoms with E-state index in [2.05, 4.69) is 5.32 Å². The van der Waals surface area contributed by atoms with Gasteiger partial charge in [-0.1, -0.05) is 54.6 Å². The molecule has 0 aromatic heterocycles. The molecule has 1 amide bonds. The minimum atomic E-state index is -3.88. The summed E-state index contributed by atoms with van der Waals surface area (Å²) < 4.78 is 32.9. The summed E-state index contributed by atoms with van der Waals surface area (Å²) in [5, 5.41) is 2.71. The van der Waals surface area contributed by atoms with Crippen LogP contribution in [-0.4, -0.2) is 34.0 Å². The van der Waals surface area contributed by atoms with Gasteiger partial charge in [-0.25, -0.2) is 8.42 Å². The van der Waals surface area contributed by atoms with Gasteiger partial charge in [0.15, 0.2) is 0 Å². The maximum atomic E-state index is 13.1. The lowest BCUT2D eigenvalue weighted by atomic mass is 10.3. The number of nitrogens with zero attached hydrogens (tertiary/aromatic N) is 1. The van der Waals surface area contributed by atoms with Crippen LogP contribution in [0.5, 0.6) is 5.75 Å². The van der Waals surface area contributed by atoms with Crippen molar-refractivity contribution < 1.29 is 17.9 Å². The molecule has 7 heteroatoms. The highest BCUT2D eigenvalue weighted by molar-refractivity contribution is 7.92. The molecule has 0 bridgehead atoms. The Bertz CT molecular complexity index is 1010. The van der Waals surface area contributed by atoms with E-state index in [-0.39, 0.29) is 24.6 Å². The number of carbonyl (C=O) groups is 1. The maximum absolute atomic E-state index is 13.1. The van der Waals surface area contributed by atoms with Crippen molar-refractivity contribution in [1.29, 1.82) is 0 Å². The van der Waals surface area contributed by atoms with Gasteiger partial charge in [-0.05, 0) is 36.4 Å². The Morgan fingerprint density at radius 3 is 2.00 bits per heavy atom. The summed E-state index contributed by atoms with van der Waals surface area (Å²) in [7, 11) is -3.88. The Kier molecular flexibility index (Phi) is 6.86. The Morgan fingerprint density at radius 2 is 1.38 bits per heavy atom. The number of rotatable bonds is 9. The molecule has 3 rings (SSSR count). The summed E-state index contributed by atoms with van der Waals surface area (Å²) in [6.07, 6.45) is 0. The first-order chi connectivity index (χ1) is 14.1. The second-order valence-electron chi connectivity index (χ2n) is 6.17. The van der Waals surface area contributed by atoms with Crippen molar-refractivity contribution in [3.63, 3.8) is 0 Å². The Labute approximate surface area is 170 Å². The fourth-order valence-electron chi connectivity index (χ4n) is 2.69. The van der Waals surface area contributed by atoms with Crippen molar-refractivity contribution in [1.82, 2.24) is 5.32 Å². The van der Waals surface area contributed by atoms with Crippen LogP contribution in [0.15, 0.2) is 95.9 Å². The zero-order valence-electron chi connectivity index (χ0n) is 15.8. The van der Waals surface area contributed by atoms with Crippen LogP contribution in [-0.2, 0) is 14.8 Å². The number of sulfonamides is 1. The maximum Gasteiger partial charge on any atom is 0.264 e. The van der Waals surface area contributed by atoms with Gasteiger partial charge in [0.2, 0.25) is 5.91 Å². The van der Waals surface area contributed by atoms with Gasteiger partial charge < -0.3 is 10.1 Å². The number of nitrogens with one attached hydrogen (secondary N) is 1. The van der Waals surface area contributed by atoms with Crippen LogP contribution in [0.1, 0.15) is 0 Å². The third-order valence-corrected chi connectivity index (χ3v) is 5.89. The smallest absolute Gasteiger partial charge is 0.264 e. The molecule has 29 heavy (non-hydrogen) atoms. The van der Waals surface area contributed by atoms with Crippen LogP contribution in [0.2, 0.25) is 0 Å². The third kappa shape index (κ3) is 5.58. The average molecular weight is 410 g/mol. The number of anilines is 1. The quantitative estimate of drug-likeness (QED) is 0.550. The van der Waals surface area contributed by atoms with Crippen molar-refractivity contribution in [2.45, 2.75) is 4.90 Å². The van der Waals surface area contributed by atoms with E-state index in [1.807, 2.05) is 30.3 Å². The largest absolute Gasteiger partial charge is 0.492 e. The summed E-state index contributed by atoms with van der Waals surface area (Å²) >= 11 is 0.